The molecule has 154 valence electrons. The molecule has 1 aromatic heterocycles. The number of nitrogens with one attached hydrogen (secondary N) is 2. The lowest BCUT2D eigenvalue weighted by molar-refractivity contribution is -0.114. The second-order valence-corrected chi connectivity index (χ2v) is 7.93. The Labute approximate surface area is 177 Å². The maximum absolute atomic E-state index is 14.2. The monoisotopic (exact) mass is 425 g/mol. The molecule has 1 saturated carbocycles. The fourth-order valence-corrected chi connectivity index (χ4v) is 3.87. The van der Waals surface area contributed by atoms with Gasteiger partial charge in [-0.3, -0.25) is 14.2 Å². The van der Waals surface area contributed by atoms with E-state index >= 15 is 0 Å². The number of rotatable bonds is 7. The second-order valence-electron chi connectivity index (χ2n) is 6.99. The van der Waals surface area contributed by atoms with Crippen LogP contribution in [0.15, 0.2) is 53.7 Å². The Morgan fingerprint density at radius 1 is 1.10 bits per heavy atom. The minimum atomic E-state index is -0.347. The van der Waals surface area contributed by atoms with Gasteiger partial charge in [-0.05, 0) is 43.2 Å². The van der Waals surface area contributed by atoms with Crippen LogP contribution in [0.3, 0.4) is 0 Å². The summed E-state index contributed by atoms with van der Waals surface area (Å²) in [5, 5.41) is 14.5. The molecular formula is C21H20FN5O2S. The van der Waals surface area contributed by atoms with Crippen LogP contribution in [0, 0.1) is 5.82 Å². The number of hydrogen-bond acceptors (Lipinski definition) is 5. The number of amides is 2. The summed E-state index contributed by atoms with van der Waals surface area (Å²) in [6.07, 6.45) is 1.96. The second kappa shape index (κ2) is 8.66. The summed E-state index contributed by atoms with van der Waals surface area (Å²) in [5.74, 6) is -0.120. The molecule has 0 spiro atoms. The Balaban J connectivity index is 1.45. The van der Waals surface area contributed by atoms with E-state index in [-0.39, 0.29) is 29.4 Å². The standard InChI is InChI=1S/C21H20FN5O2S/c1-13(28)23-14-5-4-6-15(11-14)24-19(29)12-30-21-26-25-20(27(21)16-9-10-16)17-7-2-3-8-18(17)22/h2-8,11,16H,9-10,12H2,1H3,(H,23,28)(H,24,29). The molecule has 9 heteroatoms. The zero-order chi connectivity index (χ0) is 21.1. The highest BCUT2D eigenvalue weighted by atomic mass is 32.2. The molecule has 7 nitrogen and oxygen atoms in total. The van der Waals surface area contributed by atoms with Crippen molar-refractivity contribution in [1.82, 2.24) is 14.8 Å². The molecule has 0 saturated heterocycles. The van der Waals surface area contributed by atoms with Gasteiger partial charge in [0.1, 0.15) is 5.82 Å². The zero-order valence-electron chi connectivity index (χ0n) is 16.3. The van der Waals surface area contributed by atoms with Crippen molar-refractivity contribution < 1.29 is 14.0 Å². The van der Waals surface area contributed by atoms with Crippen molar-refractivity contribution in [1.29, 1.82) is 0 Å². The fraction of sp³-hybridized carbons (Fsp3) is 0.238. The zero-order valence-corrected chi connectivity index (χ0v) is 17.1. The van der Waals surface area contributed by atoms with E-state index in [1.54, 1.807) is 42.5 Å². The summed E-state index contributed by atoms with van der Waals surface area (Å²) in [7, 11) is 0. The van der Waals surface area contributed by atoms with Crippen molar-refractivity contribution in [3.63, 3.8) is 0 Å². The largest absolute Gasteiger partial charge is 0.326 e. The topological polar surface area (TPSA) is 88.9 Å². The molecule has 1 aliphatic carbocycles. The molecule has 0 radical (unpaired) electrons. The summed E-state index contributed by atoms with van der Waals surface area (Å²) in [6, 6.07) is 13.6. The van der Waals surface area contributed by atoms with Gasteiger partial charge in [0, 0.05) is 24.3 Å². The van der Waals surface area contributed by atoms with E-state index < -0.39 is 0 Å². The van der Waals surface area contributed by atoms with Gasteiger partial charge < -0.3 is 10.6 Å². The van der Waals surface area contributed by atoms with Gasteiger partial charge in [-0.25, -0.2) is 4.39 Å². The van der Waals surface area contributed by atoms with Gasteiger partial charge in [0.25, 0.3) is 0 Å². The van der Waals surface area contributed by atoms with Crippen LogP contribution in [0.25, 0.3) is 11.4 Å². The molecule has 30 heavy (non-hydrogen) atoms. The molecule has 2 amide bonds. The lowest BCUT2D eigenvalue weighted by Gasteiger charge is -2.10. The first-order valence-corrected chi connectivity index (χ1v) is 10.5. The highest BCUT2D eigenvalue weighted by molar-refractivity contribution is 7.99. The van der Waals surface area contributed by atoms with E-state index in [0.717, 1.165) is 12.8 Å². The number of benzene rings is 2. The van der Waals surface area contributed by atoms with Crippen LogP contribution in [0.1, 0.15) is 25.8 Å². The Hall–Kier alpha value is -3.20. The molecular weight excluding hydrogens is 405 g/mol. The third-order valence-corrected chi connectivity index (χ3v) is 5.43. The number of aromatic nitrogens is 3. The molecule has 1 aliphatic rings. The molecule has 4 rings (SSSR count). The van der Waals surface area contributed by atoms with E-state index in [0.29, 0.717) is 27.9 Å². The van der Waals surface area contributed by atoms with Gasteiger partial charge in [0.2, 0.25) is 11.8 Å². The molecule has 2 aromatic carbocycles. The lowest BCUT2D eigenvalue weighted by atomic mass is 10.2. The third-order valence-electron chi connectivity index (χ3n) is 4.49. The van der Waals surface area contributed by atoms with Gasteiger partial charge in [-0.15, -0.1) is 10.2 Å². The smallest absolute Gasteiger partial charge is 0.234 e. The number of carbonyl (C=O) groups excluding carboxylic acids is 2. The molecule has 1 fully saturated rings. The average Bonchev–Trinajstić information content (AvgIpc) is 3.46. The quantitative estimate of drug-likeness (QED) is 0.556. The summed E-state index contributed by atoms with van der Waals surface area (Å²) in [4.78, 5) is 23.6. The summed E-state index contributed by atoms with van der Waals surface area (Å²) < 4.78 is 16.2. The van der Waals surface area contributed by atoms with Crippen LogP contribution >= 0.6 is 11.8 Å². The van der Waals surface area contributed by atoms with Crippen molar-refractivity contribution in [2.24, 2.45) is 0 Å². The molecule has 0 unspecified atom stereocenters. The highest BCUT2D eigenvalue weighted by Crippen LogP contribution is 2.41. The van der Waals surface area contributed by atoms with Crippen LogP contribution in [0.5, 0.6) is 0 Å². The first-order valence-electron chi connectivity index (χ1n) is 9.51. The van der Waals surface area contributed by atoms with Crippen molar-refractivity contribution >= 4 is 35.0 Å². The lowest BCUT2D eigenvalue weighted by Crippen LogP contribution is -2.15. The number of nitrogens with zero attached hydrogens (tertiary/aromatic N) is 3. The summed E-state index contributed by atoms with van der Waals surface area (Å²) in [6.45, 7) is 1.42. The van der Waals surface area contributed by atoms with E-state index in [2.05, 4.69) is 20.8 Å². The minimum Gasteiger partial charge on any atom is -0.326 e. The average molecular weight is 425 g/mol. The molecule has 3 aromatic rings. The van der Waals surface area contributed by atoms with Gasteiger partial charge in [-0.1, -0.05) is 30.0 Å². The first kappa shape index (κ1) is 20.1. The molecule has 0 bridgehead atoms. The van der Waals surface area contributed by atoms with Gasteiger partial charge >= 0.3 is 0 Å². The Morgan fingerprint density at radius 3 is 2.53 bits per heavy atom. The van der Waals surface area contributed by atoms with Gasteiger partial charge in [0.05, 0.1) is 11.3 Å². The molecule has 0 aliphatic heterocycles. The SMILES string of the molecule is CC(=O)Nc1cccc(NC(=O)CSc2nnc(-c3ccccc3F)n2C2CC2)c1. The fourth-order valence-electron chi connectivity index (χ4n) is 3.07. The van der Waals surface area contributed by atoms with Crippen molar-refractivity contribution in [3.8, 4) is 11.4 Å². The number of hydrogen-bond donors (Lipinski definition) is 2. The van der Waals surface area contributed by atoms with Crippen molar-refractivity contribution in [2.75, 3.05) is 16.4 Å². The number of thioether (sulfide) groups is 1. The Morgan fingerprint density at radius 2 is 1.83 bits per heavy atom. The highest BCUT2D eigenvalue weighted by Gasteiger charge is 2.31. The maximum Gasteiger partial charge on any atom is 0.234 e. The predicted octanol–water partition coefficient (Wildman–Crippen LogP) is 4.11. The number of halogens is 1. The number of carbonyl (C=O) groups is 2. The Bertz CT molecular complexity index is 1100. The Kier molecular flexibility index (Phi) is 5.80. The van der Waals surface area contributed by atoms with Crippen molar-refractivity contribution in [3.05, 3.63) is 54.3 Å². The summed E-state index contributed by atoms with van der Waals surface area (Å²) >= 11 is 1.26. The first-order chi connectivity index (χ1) is 14.5. The summed E-state index contributed by atoms with van der Waals surface area (Å²) in [5.41, 5.74) is 1.60. The van der Waals surface area contributed by atoms with E-state index in [9.17, 15) is 14.0 Å². The van der Waals surface area contributed by atoms with Crippen LogP contribution in [-0.4, -0.2) is 32.3 Å². The van der Waals surface area contributed by atoms with Crippen LogP contribution in [0.4, 0.5) is 15.8 Å². The third kappa shape index (κ3) is 4.68. The number of anilines is 2. The molecule has 2 N–H and O–H groups in total. The minimum absolute atomic E-state index is 0.131. The molecule has 1 heterocycles. The van der Waals surface area contributed by atoms with Crippen LogP contribution in [-0.2, 0) is 9.59 Å². The van der Waals surface area contributed by atoms with Crippen LogP contribution < -0.4 is 10.6 Å². The van der Waals surface area contributed by atoms with Gasteiger partial charge in [-0.2, -0.15) is 0 Å². The molecule has 0 atom stereocenters. The van der Waals surface area contributed by atoms with Gasteiger partial charge in [0.15, 0.2) is 11.0 Å². The normalized spacial score (nSPS) is 13.1. The van der Waals surface area contributed by atoms with Crippen molar-refractivity contribution in [2.45, 2.75) is 31.0 Å². The van der Waals surface area contributed by atoms with E-state index in [1.807, 2.05) is 4.57 Å². The van der Waals surface area contributed by atoms with Crippen LogP contribution in [0.2, 0.25) is 0 Å². The van der Waals surface area contributed by atoms with E-state index in [4.69, 9.17) is 0 Å². The maximum atomic E-state index is 14.2. The predicted molar refractivity (Wildman–Crippen MR) is 114 cm³/mol. The van der Waals surface area contributed by atoms with E-state index in [1.165, 1.54) is 24.8 Å².